The predicted octanol–water partition coefficient (Wildman–Crippen LogP) is 5.11. The fourth-order valence-corrected chi connectivity index (χ4v) is 2.85. The van der Waals surface area contributed by atoms with Crippen LogP contribution in [0.25, 0.3) is 0 Å². The Balaban J connectivity index is 1.92. The number of benzene rings is 2. The van der Waals surface area contributed by atoms with E-state index in [1.807, 2.05) is 30.3 Å². The number of hydrogen-bond donors (Lipinski definition) is 2. The van der Waals surface area contributed by atoms with Crippen molar-refractivity contribution in [2.45, 2.75) is 25.9 Å². The molecule has 0 amide bonds. The molecule has 2 aromatic carbocycles. The number of rotatable bonds is 5. The Kier molecular flexibility index (Phi) is 6.49. The van der Waals surface area contributed by atoms with Gasteiger partial charge in [-0.25, -0.2) is 0 Å². The maximum absolute atomic E-state index is 6.15. The molecule has 2 aromatic rings. The Labute approximate surface area is 146 Å². The molecule has 1 unspecified atom stereocenters. The first-order valence-electron chi connectivity index (χ1n) is 7.13. The molecule has 2 nitrogen and oxygen atoms in total. The summed E-state index contributed by atoms with van der Waals surface area (Å²) >= 11 is 17.4. The molecule has 5 heteroatoms. The summed E-state index contributed by atoms with van der Waals surface area (Å²) in [5, 5.41) is 8.40. The largest absolute Gasteiger partial charge is 0.359 e. The van der Waals surface area contributed by atoms with Gasteiger partial charge in [0.05, 0.1) is 6.04 Å². The average Bonchev–Trinajstić information content (AvgIpc) is 2.52. The van der Waals surface area contributed by atoms with E-state index in [1.54, 1.807) is 6.07 Å². The lowest BCUT2D eigenvalue weighted by Gasteiger charge is -2.20. The molecule has 0 bridgehead atoms. The number of thiocarbonyl (C=S) groups is 1. The van der Waals surface area contributed by atoms with Crippen LogP contribution in [0.3, 0.4) is 0 Å². The lowest BCUT2D eigenvalue weighted by Crippen LogP contribution is -2.37. The third-order valence-electron chi connectivity index (χ3n) is 3.37. The molecule has 0 heterocycles. The molecule has 0 aliphatic heterocycles. The molecule has 0 aromatic heterocycles. The SMILES string of the molecule is CCC(NC(=S)NCc1ccc(Cl)cc1Cl)c1ccccc1. The highest BCUT2D eigenvalue weighted by atomic mass is 35.5. The van der Waals surface area contributed by atoms with Gasteiger partial charge >= 0.3 is 0 Å². The van der Waals surface area contributed by atoms with Crippen molar-refractivity contribution in [1.82, 2.24) is 10.6 Å². The molecule has 1 atom stereocenters. The normalized spacial score (nSPS) is 11.8. The molecule has 0 aliphatic rings. The average molecular weight is 353 g/mol. The Bertz CT molecular complexity index is 632. The van der Waals surface area contributed by atoms with E-state index < -0.39 is 0 Å². The van der Waals surface area contributed by atoms with Crippen molar-refractivity contribution in [3.05, 3.63) is 69.7 Å². The summed E-state index contributed by atoms with van der Waals surface area (Å²) in [5.74, 6) is 0. The molecule has 0 aliphatic carbocycles. The zero-order valence-corrected chi connectivity index (χ0v) is 14.6. The topological polar surface area (TPSA) is 24.1 Å². The zero-order chi connectivity index (χ0) is 15.9. The van der Waals surface area contributed by atoms with Gasteiger partial charge in [-0.15, -0.1) is 0 Å². The number of halogens is 2. The van der Waals surface area contributed by atoms with Gasteiger partial charge < -0.3 is 10.6 Å². The van der Waals surface area contributed by atoms with E-state index in [4.69, 9.17) is 35.4 Å². The molecular weight excluding hydrogens is 335 g/mol. The molecule has 0 radical (unpaired) electrons. The first-order chi connectivity index (χ1) is 10.6. The van der Waals surface area contributed by atoms with Crippen LogP contribution in [-0.2, 0) is 6.54 Å². The Hall–Kier alpha value is -1.29. The summed E-state index contributed by atoms with van der Waals surface area (Å²) in [5.41, 5.74) is 2.18. The van der Waals surface area contributed by atoms with Gasteiger partial charge in [0.2, 0.25) is 0 Å². The van der Waals surface area contributed by atoms with Gasteiger partial charge in [-0.2, -0.15) is 0 Å². The zero-order valence-electron chi connectivity index (χ0n) is 12.3. The number of hydrogen-bond acceptors (Lipinski definition) is 1. The fourth-order valence-electron chi connectivity index (χ4n) is 2.16. The maximum Gasteiger partial charge on any atom is 0.167 e. The molecule has 0 fully saturated rings. The standard InChI is InChI=1S/C17H18Cl2N2S/c1-2-16(12-6-4-3-5-7-12)21-17(22)20-11-13-8-9-14(18)10-15(13)19/h3-10,16H,2,11H2,1H3,(H2,20,21,22). The van der Waals surface area contributed by atoms with Crippen LogP contribution in [-0.4, -0.2) is 5.11 Å². The first-order valence-corrected chi connectivity index (χ1v) is 8.29. The second-order valence-corrected chi connectivity index (χ2v) is 6.19. The third kappa shape index (κ3) is 4.87. The van der Waals surface area contributed by atoms with Gasteiger partial charge in [0.15, 0.2) is 5.11 Å². The van der Waals surface area contributed by atoms with Crippen molar-refractivity contribution in [3.8, 4) is 0 Å². The highest BCUT2D eigenvalue weighted by molar-refractivity contribution is 7.80. The minimum atomic E-state index is 0.196. The van der Waals surface area contributed by atoms with Gasteiger partial charge in [-0.1, -0.05) is 66.5 Å². The summed E-state index contributed by atoms with van der Waals surface area (Å²) in [6.45, 7) is 2.69. The lowest BCUT2D eigenvalue weighted by atomic mass is 10.1. The van der Waals surface area contributed by atoms with Gasteiger partial charge in [0.25, 0.3) is 0 Å². The van der Waals surface area contributed by atoms with E-state index in [9.17, 15) is 0 Å². The Morgan fingerprint density at radius 2 is 1.86 bits per heavy atom. The highest BCUT2D eigenvalue weighted by Crippen LogP contribution is 2.21. The van der Waals surface area contributed by atoms with Gasteiger partial charge in [-0.05, 0) is 41.9 Å². The second-order valence-electron chi connectivity index (χ2n) is 4.93. The summed E-state index contributed by atoms with van der Waals surface area (Å²) in [6.07, 6.45) is 0.952. The van der Waals surface area contributed by atoms with Gasteiger partial charge in [0, 0.05) is 16.6 Å². The van der Waals surface area contributed by atoms with E-state index in [2.05, 4.69) is 29.7 Å². The first kappa shape index (κ1) is 17.1. The van der Waals surface area contributed by atoms with E-state index in [0.29, 0.717) is 21.7 Å². The van der Waals surface area contributed by atoms with Crippen LogP contribution < -0.4 is 10.6 Å². The van der Waals surface area contributed by atoms with Crippen molar-refractivity contribution in [3.63, 3.8) is 0 Å². The van der Waals surface area contributed by atoms with Crippen LogP contribution in [0.1, 0.15) is 30.5 Å². The quantitative estimate of drug-likeness (QED) is 0.731. The molecule has 22 heavy (non-hydrogen) atoms. The summed E-state index contributed by atoms with van der Waals surface area (Å²) < 4.78 is 0. The van der Waals surface area contributed by atoms with E-state index in [0.717, 1.165) is 12.0 Å². The highest BCUT2D eigenvalue weighted by Gasteiger charge is 2.10. The van der Waals surface area contributed by atoms with Crippen LogP contribution >= 0.6 is 35.4 Å². The van der Waals surface area contributed by atoms with Crippen LogP contribution in [0.5, 0.6) is 0 Å². The van der Waals surface area contributed by atoms with Crippen LogP contribution in [0.15, 0.2) is 48.5 Å². The van der Waals surface area contributed by atoms with Crippen LogP contribution in [0.4, 0.5) is 0 Å². The van der Waals surface area contributed by atoms with Gasteiger partial charge in [-0.3, -0.25) is 0 Å². The maximum atomic E-state index is 6.15. The minimum Gasteiger partial charge on any atom is -0.359 e. The Morgan fingerprint density at radius 1 is 1.14 bits per heavy atom. The molecular formula is C17H18Cl2N2S. The summed E-state index contributed by atoms with van der Waals surface area (Å²) in [7, 11) is 0. The Morgan fingerprint density at radius 3 is 2.50 bits per heavy atom. The monoisotopic (exact) mass is 352 g/mol. The van der Waals surface area contributed by atoms with E-state index in [-0.39, 0.29) is 6.04 Å². The van der Waals surface area contributed by atoms with Crippen molar-refractivity contribution >= 4 is 40.5 Å². The van der Waals surface area contributed by atoms with Crippen molar-refractivity contribution < 1.29 is 0 Å². The van der Waals surface area contributed by atoms with Crippen LogP contribution in [0, 0.1) is 0 Å². The molecule has 2 N–H and O–H groups in total. The third-order valence-corrected chi connectivity index (χ3v) is 4.22. The van der Waals surface area contributed by atoms with Crippen molar-refractivity contribution in [1.29, 1.82) is 0 Å². The van der Waals surface area contributed by atoms with Gasteiger partial charge in [0.1, 0.15) is 0 Å². The van der Waals surface area contributed by atoms with E-state index in [1.165, 1.54) is 5.56 Å². The summed E-state index contributed by atoms with van der Waals surface area (Å²) in [4.78, 5) is 0. The minimum absolute atomic E-state index is 0.196. The molecule has 0 saturated carbocycles. The van der Waals surface area contributed by atoms with Crippen molar-refractivity contribution in [2.24, 2.45) is 0 Å². The van der Waals surface area contributed by atoms with Crippen molar-refractivity contribution in [2.75, 3.05) is 0 Å². The van der Waals surface area contributed by atoms with E-state index >= 15 is 0 Å². The molecule has 0 saturated heterocycles. The molecule has 116 valence electrons. The molecule has 0 spiro atoms. The fraction of sp³-hybridized carbons (Fsp3) is 0.235. The summed E-state index contributed by atoms with van der Waals surface area (Å²) in [6, 6.07) is 15.9. The number of nitrogens with one attached hydrogen (secondary N) is 2. The second kappa shape index (κ2) is 8.37. The smallest absolute Gasteiger partial charge is 0.167 e. The lowest BCUT2D eigenvalue weighted by molar-refractivity contribution is 0.616. The van der Waals surface area contributed by atoms with Crippen LogP contribution in [0.2, 0.25) is 10.0 Å². The predicted molar refractivity (Wildman–Crippen MR) is 98.5 cm³/mol. The molecule has 2 rings (SSSR count).